The highest BCUT2D eigenvalue weighted by atomic mass is 79.9. The van der Waals surface area contributed by atoms with E-state index in [0.29, 0.717) is 41.0 Å². The lowest BCUT2D eigenvalue weighted by molar-refractivity contribution is 0.101. The van der Waals surface area contributed by atoms with Crippen LogP contribution in [0.3, 0.4) is 0 Å². The summed E-state index contributed by atoms with van der Waals surface area (Å²) in [5.74, 6) is 0.720. The van der Waals surface area contributed by atoms with Crippen molar-refractivity contribution in [3.63, 3.8) is 0 Å². The summed E-state index contributed by atoms with van der Waals surface area (Å²) in [6, 6.07) is 10.3. The lowest BCUT2D eigenvalue weighted by Gasteiger charge is -2.13. The molecule has 0 saturated carbocycles. The van der Waals surface area contributed by atoms with Crippen molar-refractivity contribution in [3.05, 3.63) is 51.5 Å². The molecule has 0 radical (unpaired) electrons. The highest BCUT2D eigenvalue weighted by Crippen LogP contribution is 2.29. The van der Waals surface area contributed by atoms with E-state index in [1.807, 2.05) is 6.07 Å². The summed E-state index contributed by atoms with van der Waals surface area (Å²) in [7, 11) is 3.12. The standard InChI is InChI=1S/C17H17BrClNO4/c1-22-7-8-24-15-5-3-11(18)9-13(15)17(21)20-12-4-6-16(23-2)14(19)10-12/h3-6,9-10H,7-8H2,1-2H3,(H,20,21). The van der Waals surface area contributed by atoms with Crippen molar-refractivity contribution in [2.24, 2.45) is 0 Å². The summed E-state index contributed by atoms with van der Waals surface area (Å²) in [6.07, 6.45) is 0. The second-order valence-electron chi connectivity index (χ2n) is 4.79. The molecule has 0 aliphatic heterocycles. The van der Waals surface area contributed by atoms with Crippen LogP contribution < -0.4 is 14.8 Å². The van der Waals surface area contributed by atoms with Gasteiger partial charge in [-0.15, -0.1) is 0 Å². The Morgan fingerprint density at radius 2 is 1.88 bits per heavy atom. The fraction of sp³-hybridized carbons (Fsp3) is 0.235. The van der Waals surface area contributed by atoms with Crippen LogP contribution in [0, 0.1) is 0 Å². The molecule has 0 aromatic heterocycles. The van der Waals surface area contributed by atoms with Crippen LogP contribution in [0.4, 0.5) is 5.69 Å². The van der Waals surface area contributed by atoms with E-state index in [4.69, 9.17) is 25.8 Å². The van der Waals surface area contributed by atoms with Crippen molar-refractivity contribution >= 4 is 39.1 Å². The molecule has 0 atom stereocenters. The minimum absolute atomic E-state index is 0.301. The van der Waals surface area contributed by atoms with Crippen molar-refractivity contribution < 1.29 is 19.0 Å². The first-order chi connectivity index (χ1) is 11.5. The first-order valence-corrected chi connectivity index (χ1v) is 8.28. The third-order valence-electron chi connectivity index (χ3n) is 3.14. The molecule has 0 fully saturated rings. The zero-order valence-electron chi connectivity index (χ0n) is 13.3. The molecule has 0 aliphatic rings. The molecule has 128 valence electrons. The number of amides is 1. The highest BCUT2D eigenvalue weighted by Gasteiger charge is 2.14. The molecule has 0 spiro atoms. The van der Waals surface area contributed by atoms with Gasteiger partial charge in [0.2, 0.25) is 0 Å². The van der Waals surface area contributed by atoms with Gasteiger partial charge in [0.05, 0.1) is 24.3 Å². The fourth-order valence-electron chi connectivity index (χ4n) is 1.98. The number of anilines is 1. The van der Waals surface area contributed by atoms with Gasteiger partial charge < -0.3 is 19.5 Å². The first kappa shape index (κ1) is 18.6. The predicted molar refractivity (Wildman–Crippen MR) is 97.5 cm³/mol. The van der Waals surface area contributed by atoms with Gasteiger partial charge in [0.25, 0.3) is 5.91 Å². The second-order valence-corrected chi connectivity index (χ2v) is 6.11. The second kappa shape index (κ2) is 8.92. The Kier molecular flexibility index (Phi) is 6.90. The number of carbonyl (C=O) groups is 1. The number of benzene rings is 2. The fourth-order valence-corrected chi connectivity index (χ4v) is 2.60. The Labute approximate surface area is 154 Å². The van der Waals surface area contributed by atoms with Crippen LogP contribution in [-0.4, -0.2) is 33.3 Å². The molecule has 0 unspecified atom stereocenters. The first-order valence-electron chi connectivity index (χ1n) is 7.11. The molecular weight excluding hydrogens is 398 g/mol. The van der Waals surface area contributed by atoms with Crippen LogP contribution in [0.2, 0.25) is 5.02 Å². The number of hydrogen-bond donors (Lipinski definition) is 1. The molecule has 2 aromatic rings. The molecular formula is C17H17BrClNO4. The molecule has 7 heteroatoms. The maximum atomic E-state index is 12.6. The normalized spacial score (nSPS) is 10.3. The smallest absolute Gasteiger partial charge is 0.259 e. The third-order valence-corrected chi connectivity index (χ3v) is 3.93. The van der Waals surface area contributed by atoms with Gasteiger partial charge in [0.1, 0.15) is 18.1 Å². The molecule has 0 saturated heterocycles. The minimum Gasteiger partial charge on any atom is -0.495 e. The van der Waals surface area contributed by atoms with E-state index in [-0.39, 0.29) is 5.91 Å². The molecule has 2 rings (SSSR count). The van der Waals surface area contributed by atoms with Gasteiger partial charge in [0, 0.05) is 17.3 Å². The van der Waals surface area contributed by atoms with Crippen molar-refractivity contribution in [2.75, 3.05) is 32.8 Å². The highest BCUT2D eigenvalue weighted by molar-refractivity contribution is 9.10. The SMILES string of the molecule is COCCOc1ccc(Br)cc1C(=O)Nc1ccc(OC)c(Cl)c1. The van der Waals surface area contributed by atoms with Gasteiger partial charge in [-0.25, -0.2) is 0 Å². The van der Waals surface area contributed by atoms with E-state index in [0.717, 1.165) is 4.47 Å². The van der Waals surface area contributed by atoms with Gasteiger partial charge in [-0.05, 0) is 36.4 Å². The van der Waals surface area contributed by atoms with E-state index >= 15 is 0 Å². The maximum absolute atomic E-state index is 12.6. The zero-order valence-corrected chi connectivity index (χ0v) is 15.6. The Hall–Kier alpha value is -1.76. The van der Waals surface area contributed by atoms with Crippen LogP contribution in [0.25, 0.3) is 0 Å². The Balaban J connectivity index is 2.19. The summed E-state index contributed by atoms with van der Waals surface area (Å²) >= 11 is 9.44. The molecule has 1 amide bonds. The van der Waals surface area contributed by atoms with E-state index < -0.39 is 0 Å². The van der Waals surface area contributed by atoms with E-state index in [1.54, 1.807) is 37.4 Å². The molecule has 2 aromatic carbocycles. The van der Waals surface area contributed by atoms with Gasteiger partial charge in [-0.2, -0.15) is 0 Å². The van der Waals surface area contributed by atoms with Gasteiger partial charge in [0.15, 0.2) is 0 Å². The van der Waals surface area contributed by atoms with E-state index in [2.05, 4.69) is 21.2 Å². The average molecular weight is 415 g/mol. The maximum Gasteiger partial charge on any atom is 0.259 e. The monoisotopic (exact) mass is 413 g/mol. The van der Waals surface area contributed by atoms with Crippen molar-refractivity contribution in [1.29, 1.82) is 0 Å². The number of methoxy groups -OCH3 is 2. The largest absolute Gasteiger partial charge is 0.495 e. The minimum atomic E-state index is -0.301. The molecule has 0 heterocycles. The summed E-state index contributed by atoms with van der Waals surface area (Å²) in [6.45, 7) is 0.790. The lowest BCUT2D eigenvalue weighted by atomic mass is 10.2. The van der Waals surface area contributed by atoms with Crippen molar-refractivity contribution in [1.82, 2.24) is 0 Å². The molecule has 1 N–H and O–H groups in total. The Bertz CT molecular complexity index is 724. The van der Waals surface area contributed by atoms with Crippen LogP contribution >= 0.6 is 27.5 Å². The van der Waals surface area contributed by atoms with Gasteiger partial charge in [-0.1, -0.05) is 27.5 Å². The lowest BCUT2D eigenvalue weighted by Crippen LogP contribution is -2.15. The number of hydrogen-bond acceptors (Lipinski definition) is 4. The van der Waals surface area contributed by atoms with E-state index in [1.165, 1.54) is 7.11 Å². The summed E-state index contributed by atoms with van der Waals surface area (Å²) in [4.78, 5) is 12.6. The molecule has 0 bridgehead atoms. The number of nitrogens with one attached hydrogen (secondary N) is 1. The van der Waals surface area contributed by atoms with Crippen LogP contribution in [0.15, 0.2) is 40.9 Å². The number of rotatable bonds is 7. The number of carbonyl (C=O) groups excluding carboxylic acids is 1. The average Bonchev–Trinajstić information content (AvgIpc) is 2.56. The van der Waals surface area contributed by atoms with Crippen molar-refractivity contribution in [2.45, 2.75) is 0 Å². The number of ether oxygens (including phenoxy) is 3. The van der Waals surface area contributed by atoms with Crippen LogP contribution in [-0.2, 0) is 4.74 Å². The number of halogens is 2. The molecule has 5 nitrogen and oxygen atoms in total. The molecule has 24 heavy (non-hydrogen) atoms. The third kappa shape index (κ3) is 4.87. The van der Waals surface area contributed by atoms with Crippen LogP contribution in [0.5, 0.6) is 11.5 Å². The quantitative estimate of drug-likeness (QED) is 0.683. The molecule has 0 aliphatic carbocycles. The predicted octanol–water partition coefficient (Wildman–Crippen LogP) is 4.39. The summed E-state index contributed by atoms with van der Waals surface area (Å²) in [5.41, 5.74) is 0.973. The summed E-state index contributed by atoms with van der Waals surface area (Å²) in [5, 5.41) is 3.22. The zero-order chi connectivity index (χ0) is 17.5. The van der Waals surface area contributed by atoms with Crippen LogP contribution in [0.1, 0.15) is 10.4 Å². The summed E-state index contributed by atoms with van der Waals surface area (Å²) < 4.78 is 16.4. The van der Waals surface area contributed by atoms with Crippen molar-refractivity contribution in [3.8, 4) is 11.5 Å². The topological polar surface area (TPSA) is 56.8 Å². The van der Waals surface area contributed by atoms with Gasteiger partial charge >= 0.3 is 0 Å². The Morgan fingerprint density at radius 3 is 2.54 bits per heavy atom. The van der Waals surface area contributed by atoms with Gasteiger partial charge in [-0.3, -0.25) is 4.79 Å². The Morgan fingerprint density at radius 1 is 1.12 bits per heavy atom. The van der Waals surface area contributed by atoms with E-state index in [9.17, 15) is 4.79 Å².